The van der Waals surface area contributed by atoms with Crippen molar-refractivity contribution in [1.82, 2.24) is 19.6 Å². The molecule has 4 rings (SSSR count). The minimum Gasteiger partial charge on any atom is -0.481 e. The average molecular weight is 589 g/mol. The molecule has 1 N–H and O–H groups in total. The Hall–Kier alpha value is -3.05. The monoisotopic (exact) mass is 588 g/mol. The Bertz CT molecular complexity index is 1110. The number of aliphatic carboxylic acids is 1. The van der Waals surface area contributed by atoms with Gasteiger partial charge in [-0.2, -0.15) is 0 Å². The van der Waals surface area contributed by atoms with Gasteiger partial charge in [0, 0.05) is 58.3 Å². The molecule has 1 aromatic carbocycles. The summed E-state index contributed by atoms with van der Waals surface area (Å²) in [5, 5.41) is 10.5. The number of carbonyl (C=O) groups excluding carboxylic acids is 2. The lowest BCUT2D eigenvalue weighted by Gasteiger charge is -2.31. The Balaban J connectivity index is 1.53. The molecule has 3 unspecified atom stereocenters. The number of rotatable bonds is 15. The van der Waals surface area contributed by atoms with E-state index in [1.165, 1.54) is 0 Å². The molecule has 2 fully saturated rings. The molecule has 0 aromatic heterocycles. The molecule has 0 bridgehead atoms. The molecule has 3 atom stereocenters. The molecule has 0 radical (unpaired) electrons. The van der Waals surface area contributed by atoms with Gasteiger partial charge in [-0.1, -0.05) is 19.4 Å². The number of fused-ring (bicyclic) bond motifs is 1. The van der Waals surface area contributed by atoms with E-state index in [1.54, 1.807) is 16.8 Å². The van der Waals surface area contributed by atoms with Gasteiger partial charge >= 0.3 is 12.0 Å². The van der Waals surface area contributed by atoms with Gasteiger partial charge in [-0.15, -0.1) is 0 Å². The van der Waals surface area contributed by atoms with Crippen molar-refractivity contribution in [3.63, 3.8) is 0 Å². The van der Waals surface area contributed by atoms with Crippen LogP contribution in [0.25, 0.3) is 0 Å². The summed E-state index contributed by atoms with van der Waals surface area (Å²) in [4.78, 5) is 46.7. The van der Waals surface area contributed by atoms with E-state index in [-0.39, 0.29) is 37.2 Å². The normalized spacial score (nSPS) is 22.3. The van der Waals surface area contributed by atoms with Crippen LogP contribution in [0.15, 0.2) is 18.2 Å². The quantitative estimate of drug-likeness (QED) is 0.248. The molecular formula is C31H50N5O6+. The summed E-state index contributed by atoms with van der Waals surface area (Å²) in [6, 6.07) is 5.21. The molecule has 11 heteroatoms. The average Bonchev–Trinajstić information content (AvgIpc) is 3.63. The standard InChI is InChI=1S/C31H49N5O6/c1-6-7-13-33(14-8-9-18-36(3,4)5)28(37)21-35-20-24(23-10-11-26-27(19-23)42-22-41-26)29(30(38)39)25(35)12-15-34-17-16-32(2)31(34)40/h10-11,19,24-25,29H,6-9,12-18,20-22H2,1-5H3/p+1. The van der Waals surface area contributed by atoms with Crippen LogP contribution in [0.5, 0.6) is 11.5 Å². The van der Waals surface area contributed by atoms with Crippen LogP contribution in [0.2, 0.25) is 0 Å². The number of hydrogen-bond donors (Lipinski definition) is 1. The summed E-state index contributed by atoms with van der Waals surface area (Å²) in [6.45, 7) is 7.10. The number of amides is 3. The molecule has 11 nitrogen and oxygen atoms in total. The number of ether oxygens (including phenoxy) is 2. The Morgan fingerprint density at radius 2 is 1.81 bits per heavy atom. The number of nitrogens with zero attached hydrogens (tertiary/aromatic N) is 5. The van der Waals surface area contributed by atoms with Crippen LogP contribution in [0.3, 0.4) is 0 Å². The molecule has 0 aliphatic carbocycles. The maximum Gasteiger partial charge on any atom is 0.319 e. The second kappa shape index (κ2) is 13.9. The maximum absolute atomic E-state index is 13.8. The van der Waals surface area contributed by atoms with Crippen molar-refractivity contribution in [3.8, 4) is 11.5 Å². The summed E-state index contributed by atoms with van der Waals surface area (Å²) >= 11 is 0. The number of carboxylic acids is 1. The summed E-state index contributed by atoms with van der Waals surface area (Å²) in [6.07, 6.45) is 4.41. The van der Waals surface area contributed by atoms with Gasteiger partial charge in [0.2, 0.25) is 12.7 Å². The van der Waals surface area contributed by atoms with Crippen molar-refractivity contribution < 1.29 is 33.4 Å². The van der Waals surface area contributed by atoms with E-state index in [0.717, 1.165) is 42.3 Å². The first-order chi connectivity index (χ1) is 20.0. The molecular weight excluding hydrogens is 538 g/mol. The number of likely N-dealkylation sites (N-methyl/N-ethyl adjacent to an activating group) is 1. The largest absolute Gasteiger partial charge is 0.481 e. The minimum absolute atomic E-state index is 0.0329. The highest BCUT2D eigenvalue weighted by Gasteiger charge is 2.47. The van der Waals surface area contributed by atoms with Gasteiger partial charge in [0.05, 0.1) is 40.2 Å². The minimum atomic E-state index is -0.884. The SMILES string of the molecule is CCCCN(CCCC[N+](C)(C)C)C(=O)CN1CC(c2ccc3c(c2)OCO3)C(C(=O)O)C1CCN1CCN(C)C1=O. The van der Waals surface area contributed by atoms with Crippen LogP contribution in [0.1, 0.15) is 50.5 Å². The number of carboxylic acid groups (broad SMARTS) is 1. The molecule has 3 heterocycles. The van der Waals surface area contributed by atoms with Gasteiger partial charge in [0.25, 0.3) is 0 Å². The van der Waals surface area contributed by atoms with Crippen molar-refractivity contribution in [3.05, 3.63) is 23.8 Å². The van der Waals surface area contributed by atoms with E-state index in [0.29, 0.717) is 57.2 Å². The molecule has 3 amide bonds. The zero-order valence-electron chi connectivity index (χ0n) is 26.1. The molecule has 3 aliphatic rings. The lowest BCUT2D eigenvalue weighted by molar-refractivity contribution is -0.870. The number of unbranched alkanes of at least 4 members (excludes halogenated alkanes) is 2. The van der Waals surface area contributed by atoms with E-state index >= 15 is 0 Å². The van der Waals surface area contributed by atoms with E-state index in [9.17, 15) is 19.5 Å². The molecule has 42 heavy (non-hydrogen) atoms. The summed E-state index contributed by atoms with van der Waals surface area (Å²) in [5.41, 5.74) is 0.867. The highest BCUT2D eigenvalue weighted by molar-refractivity contribution is 5.79. The van der Waals surface area contributed by atoms with E-state index in [1.807, 2.05) is 23.1 Å². The van der Waals surface area contributed by atoms with Crippen molar-refractivity contribution in [2.75, 3.05) is 87.3 Å². The topological polar surface area (TPSA) is 103 Å². The highest BCUT2D eigenvalue weighted by Crippen LogP contribution is 2.42. The number of benzene rings is 1. The third kappa shape index (κ3) is 7.86. The number of urea groups is 1. The maximum atomic E-state index is 13.8. The zero-order chi connectivity index (χ0) is 30.4. The number of hydrogen-bond acceptors (Lipinski definition) is 6. The Morgan fingerprint density at radius 3 is 2.48 bits per heavy atom. The van der Waals surface area contributed by atoms with E-state index in [2.05, 4.69) is 33.0 Å². The van der Waals surface area contributed by atoms with Crippen molar-refractivity contribution in [2.45, 2.75) is 51.0 Å². The molecule has 0 saturated carbocycles. The summed E-state index contributed by atoms with van der Waals surface area (Å²) < 4.78 is 12.0. The molecule has 0 spiro atoms. The fraction of sp³-hybridized carbons (Fsp3) is 0.710. The van der Waals surface area contributed by atoms with Crippen LogP contribution in [-0.4, -0.2) is 140 Å². The van der Waals surface area contributed by atoms with Gasteiger partial charge in [0.1, 0.15) is 0 Å². The van der Waals surface area contributed by atoms with E-state index < -0.39 is 11.9 Å². The molecule has 234 valence electrons. The summed E-state index contributed by atoms with van der Waals surface area (Å²) in [7, 11) is 8.31. The van der Waals surface area contributed by atoms with E-state index in [4.69, 9.17) is 9.47 Å². The van der Waals surface area contributed by atoms with Gasteiger partial charge in [-0.05, 0) is 43.4 Å². The number of carbonyl (C=O) groups is 3. The van der Waals surface area contributed by atoms with Crippen LogP contribution in [-0.2, 0) is 9.59 Å². The zero-order valence-corrected chi connectivity index (χ0v) is 26.1. The van der Waals surface area contributed by atoms with Gasteiger partial charge in [-0.3, -0.25) is 14.5 Å². The van der Waals surface area contributed by atoms with Crippen molar-refractivity contribution in [2.24, 2.45) is 5.92 Å². The first-order valence-electron chi connectivity index (χ1n) is 15.4. The smallest absolute Gasteiger partial charge is 0.319 e. The second-order valence-corrected chi connectivity index (χ2v) is 13.0. The predicted octanol–water partition coefficient (Wildman–Crippen LogP) is 2.76. The van der Waals surface area contributed by atoms with Gasteiger partial charge in [0.15, 0.2) is 11.5 Å². The lowest BCUT2D eigenvalue weighted by atomic mass is 9.84. The fourth-order valence-corrected chi connectivity index (χ4v) is 6.41. The lowest BCUT2D eigenvalue weighted by Crippen LogP contribution is -2.46. The highest BCUT2D eigenvalue weighted by atomic mass is 16.7. The van der Waals surface area contributed by atoms with Crippen LogP contribution in [0.4, 0.5) is 4.79 Å². The summed E-state index contributed by atoms with van der Waals surface area (Å²) in [5.74, 6) is -0.604. The van der Waals surface area contributed by atoms with Crippen molar-refractivity contribution >= 4 is 17.9 Å². The molecule has 3 aliphatic heterocycles. The van der Waals surface area contributed by atoms with Gasteiger partial charge < -0.3 is 33.8 Å². The Morgan fingerprint density at radius 1 is 1.07 bits per heavy atom. The fourth-order valence-electron chi connectivity index (χ4n) is 6.41. The molecule has 2 saturated heterocycles. The Labute approximate surface area is 250 Å². The van der Waals surface area contributed by atoms with Crippen LogP contribution < -0.4 is 9.47 Å². The van der Waals surface area contributed by atoms with Crippen LogP contribution >= 0.6 is 0 Å². The predicted molar refractivity (Wildman–Crippen MR) is 160 cm³/mol. The van der Waals surface area contributed by atoms with Gasteiger partial charge in [-0.25, -0.2) is 4.79 Å². The van der Waals surface area contributed by atoms with Crippen molar-refractivity contribution in [1.29, 1.82) is 0 Å². The third-order valence-corrected chi connectivity index (χ3v) is 8.83. The molecule has 1 aromatic rings. The first kappa shape index (κ1) is 31.9. The van der Waals surface area contributed by atoms with Crippen LogP contribution in [0, 0.1) is 5.92 Å². The second-order valence-electron chi connectivity index (χ2n) is 13.0. The number of likely N-dealkylation sites (tertiary alicyclic amines) is 1. The Kier molecular flexibility index (Phi) is 10.6. The third-order valence-electron chi connectivity index (χ3n) is 8.83. The first-order valence-corrected chi connectivity index (χ1v) is 15.4. The number of quaternary nitrogens is 1.